The normalized spacial score (nSPS) is 10.4. The van der Waals surface area contributed by atoms with Crippen molar-refractivity contribution in [3.05, 3.63) is 105 Å². The van der Waals surface area contributed by atoms with E-state index in [2.05, 4.69) is 0 Å². The first-order valence-corrected chi connectivity index (χ1v) is 9.43. The molecule has 0 saturated carbocycles. The van der Waals surface area contributed by atoms with Crippen molar-refractivity contribution in [3.63, 3.8) is 0 Å². The minimum atomic E-state index is -1.63. The molecule has 0 heterocycles. The third-order valence-corrected chi connectivity index (χ3v) is 4.89. The first-order chi connectivity index (χ1) is 16.0. The Morgan fingerprint density at radius 3 is 1.09 bits per heavy atom. The lowest BCUT2D eigenvalue weighted by molar-refractivity contribution is 0.0649. The molecule has 3 aromatic carbocycles. The molecular formula is C24H14O10. The van der Waals surface area contributed by atoms with Crippen LogP contribution in [-0.2, 0) is 0 Å². The summed E-state index contributed by atoms with van der Waals surface area (Å²) in [6.45, 7) is 0. The van der Waals surface area contributed by atoms with Crippen molar-refractivity contribution in [2.24, 2.45) is 0 Å². The average Bonchev–Trinajstić information content (AvgIpc) is 2.81. The van der Waals surface area contributed by atoms with Gasteiger partial charge in [-0.1, -0.05) is 42.5 Å². The second-order valence-corrected chi connectivity index (χ2v) is 6.92. The van der Waals surface area contributed by atoms with Gasteiger partial charge in [-0.3, -0.25) is 9.59 Å². The van der Waals surface area contributed by atoms with Gasteiger partial charge in [-0.2, -0.15) is 0 Å². The molecule has 0 saturated heterocycles. The lowest BCUT2D eigenvalue weighted by atomic mass is 9.91. The molecule has 4 N–H and O–H groups in total. The van der Waals surface area contributed by atoms with Crippen LogP contribution in [0.1, 0.15) is 73.3 Å². The zero-order valence-corrected chi connectivity index (χ0v) is 17.0. The molecule has 0 bridgehead atoms. The van der Waals surface area contributed by atoms with Crippen LogP contribution in [0.25, 0.3) is 0 Å². The van der Waals surface area contributed by atoms with Gasteiger partial charge >= 0.3 is 23.9 Å². The third-order valence-electron chi connectivity index (χ3n) is 4.89. The van der Waals surface area contributed by atoms with E-state index in [0.29, 0.717) is 0 Å². The van der Waals surface area contributed by atoms with E-state index in [0.717, 1.165) is 30.3 Å². The number of hydrogen-bond donors (Lipinski definition) is 4. The number of carboxylic acids is 4. The topological polar surface area (TPSA) is 183 Å². The summed E-state index contributed by atoms with van der Waals surface area (Å²) in [4.78, 5) is 72.2. The Bertz CT molecular complexity index is 1300. The minimum absolute atomic E-state index is 0.165. The van der Waals surface area contributed by atoms with Crippen LogP contribution in [0.2, 0.25) is 0 Å². The molecule has 0 aromatic heterocycles. The summed E-state index contributed by atoms with van der Waals surface area (Å²) >= 11 is 0. The van der Waals surface area contributed by atoms with E-state index in [1.54, 1.807) is 0 Å². The van der Waals surface area contributed by atoms with E-state index in [9.17, 15) is 49.2 Å². The van der Waals surface area contributed by atoms with Crippen molar-refractivity contribution in [2.75, 3.05) is 0 Å². The largest absolute Gasteiger partial charge is 0.478 e. The zero-order chi connectivity index (χ0) is 25.2. The number of ketones is 2. The van der Waals surface area contributed by atoms with Crippen LogP contribution < -0.4 is 0 Å². The molecule has 0 aliphatic heterocycles. The van der Waals surface area contributed by atoms with Gasteiger partial charge in [0.2, 0.25) is 0 Å². The Hall–Kier alpha value is -5.12. The van der Waals surface area contributed by atoms with Crippen LogP contribution in [0.3, 0.4) is 0 Å². The fourth-order valence-corrected chi connectivity index (χ4v) is 3.41. The quantitative estimate of drug-likeness (QED) is 0.363. The van der Waals surface area contributed by atoms with Crippen LogP contribution in [0.5, 0.6) is 0 Å². The Morgan fingerprint density at radius 2 is 0.765 bits per heavy atom. The predicted molar refractivity (Wildman–Crippen MR) is 114 cm³/mol. The number of rotatable bonds is 8. The first-order valence-electron chi connectivity index (χ1n) is 9.43. The van der Waals surface area contributed by atoms with Crippen molar-refractivity contribution in [3.8, 4) is 0 Å². The summed E-state index contributed by atoms with van der Waals surface area (Å²) in [5.41, 5.74) is -3.81. The van der Waals surface area contributed by atoms with E-state index in [1.807, 2.05) is 0 Å². The monoisotopic (exact) mass is 462 g/mol. The summed E-state index contributed by atoms with van der Waals surface area (Å²) in [6.07, 6.45) is 0. The molecule has 0 fully saturated rings. The summed E-state index contributed by atoms with van der Waals surface area (Å²) in [5, 5.41) is 37.4. The minimum Gasteiger partial charge on any atom is -0.478 e. The molecule has 3 aromatic rings. The van der Waals surface area contributed by atoms with Crippen molar-refractivity contribution in [1.82, 2.24) is 0 Å². The number of aromatic carboxylic acids is 4. The number of carbonyl (C=O) groups excluding carboxylic acids is 2. The van der Waals surface area contributed by atoms with Gasteiger partial charge in [0, 0.05) is 22.3 Å². The fourth-order valence-electron chi connectivity index (χ4n) is 3.41. The van der Waals surface area contributed by atoms with Crippen LogP contribution in [0.15, 0.2) is 60.7 Å². The van der Waals surface area contributed by atoms with Gasteiger partial charge in [0.1, 0.15) is 0 Å². The highest BCUT2D eigenvalue weighted by molar-refractivity contribution is 6.20. The number of hydrogen-bond acceptors (Lipinski definition) is 6. The Balaban J connectivity index is 2.12. The van der Waals surface area contributed by atoms with Gasteiger partial charge in [-0.15, -0.1) is 0 Å². The highest BCUT2D eigenvalue weighted by Crippen LogP contribution is 2.23. The molecule has 0 unspecified atom stereocenters. The standard InChI is InChI=1S/C24H14O10/c25-19(13-6-2-8-15(21(27)28)17(13)23(31)32)11-4-1-5-12(10-11)20(26)14-7-3-9-16(22(29)30)18(14)24(33)34/h1-10H,(H,27,28)(H,29,30)(H,31,32)(H,33,34). The molecule has 0 radical (unpaired) electrons. The predicted octanol–water partition coefficient (Wildman–Crippen LogP) is 2.94. The molecule has 0 amide bonds. The number of carboxylic acid groups (broad SMARTS) is 4. The highest BCUT2D eigenvalue weighted by Gasteiger charge is 2.27. The summed E-state index contributed by atoms with van der Waals surface area (Å²) in [5.74, 6) is -8.12. The number of carbonyl (C=O) groups is 6. The van der Waals surface area contributed by atoms with Crippen LogP contribution in [0, 0.1) is 0 Å². The second-order valence-electron chi connectivity index (χ2n) is 6.92. The Morgan fingerprint density at radius 1 is 0.441 bits per heavy atom. The van der Waals surface area contributed by atoms with Gasteiger partial charge in [-0.05, 0) is 18.2 Å². The van der Waals surface area contributed by atoms with Gasteiger partial charge in [-0.25, -0.2) is 19.2 Å². The van der Waals surface area contributed by atoms with E-state index < -0.39 is 68.8 Å². The molecule has 34 heavy (non-hydrogen) atoms. The van der Waals surface area contributed by atoms with Gasteiger partial charge < -0.3 is 20.4 Å². The van der Waals surface area contributed by atoms with Crippen LogP contribution in [-0.4, -0.2) is 55.9 Å². The molecule has 0 aliphatic carbocycles. The summed E-state index contributed by atoms with van der Waals surface area (Å²) in [6, 6.07) is 11.7. The van der Waals surface area contributed by atoms with Crippen molar-refractivity contribution in [2.45, 2.75) is 0 Å². The molecule has 0 aliphatic rings. The van der Waals surface area contributed by atoms with E-state index in [4.69, 9.17) is 0 Å². The lowest BCUT2D eigenvalue weighted by Crippen LogP contribution is -2.17. The van der Waals surface area contributed by atoms with Crippen molar-refractivity contribution < 1.29 is 49.2 Å². The van der Waals surface area contributed by atoms with E-state index >= 15 is 0 Å². The highest BCUT2D eigenvalue weighted by atomic mass is 16.4. The van der Waals surface area contributed by atoms with Gasteiger partial charge in [0.05, 0.1) is 22.3 Å². The molecule has 3 rings (SSSR count). The average molecular weight is 462 g/mol. The molecule has 10 nitrogen and oxygen atoms in total. The van der Waals surface area contributed by atoms with E-state index in [1.165, 1.54) is 30.3 Å². The smallest absolute Gasteiger partial charge is 0.337 e. The molecular weight excluding hydrogens is 448 g/mol. The molecule has 10 heteroatoms. The maximum absolute atomic E-state index is 13.0. The van der Waals surface area contributed by atoms with Crippen molar-refractivity contribution in [1.29, 1.82) is 0 Å². The Labute approximate surface area is 190 Å². The van der Waals surface area contributed by atoms with Crippen LogP contribution >= 0.6 is 0 Å². The molecule has 0 spiro atoms. The summed E-state index contributed by atoms with van der Waals surface area (Å²) < 4.78 is 0. The zero-order valence-electron chi connectivity index (χ0n) is 17.0. The fraction of sp³-hybridized carbons (Fsp3) is 0. The lowest BCUT2D eigenvalue weighted by Gasteiger charge is -2.11. The maximum atomic E-state index is 13.0. The molecule has 170 valence electrons. The number of benzene rings is 3. The SMILES string of the molecule is O=C(O)c1cccc(C(=O)c2cccc(C(=O)c3cccc(C(=O)O)c3C(=O)O)c2)c1C(=O)O. The summed E-state index contributed by atoms with van der Waals surface area (Å²) in [7, 11) is 0. The Kier molecular flexibility index (Phi) is 6.35. The first kappa shape index (κ1) is 23.5. The van der Waals surface area contributed by atoms with E-state index in [-0.39, 0.29) is 11.1 Å². The van der Waals surface area contributed by atoms with Gasteiger partial charge in [0.15, 0.2) is 11.6 Å². The second kappa shape index (κ2) is 9.17. The van der Waals surface area contributed by atoms with Crippen molar-refractivity contribution >= 4 is 35.4 Å². The van der Waals surface area contributed by atoms with Crippen LogP contribution in [0.4, 0.5) is 0 Å². The molecule has 0 atom stereocenters. The third kappa shape index (κ3) is 4.28. The van der Waals surface area contributed by atoms with Gasteiger partial charge in [0.25, 0.3) is 0 Å². The maximum Gasteiger partial charge on any atom is 0.337 e.